The van der Waals surface area contributed by atoms with E-state index in [1.807, 2.05) is 13.8 Å². The summed E-state index contributed by atoms with van der Waals surface area (Å²) in [6.45, 7) is 5.65. The fraction of sp³-hybridized carbons (Fsp3) is 0.500. The molecule has 1 aromatic rings. The van der Waals surface area contributed by atoms with Crippen molar-refractivity contribution in [3.8, 4) is 12.3 Å². The number of aromatic nitrogens is 2. The maximum Gasteiger partial charge on any atom is 0.255 e. The maximum absolute atomic E-state index is 11.9. The van der Waals surface area contributed by atoms with Crippen LogP contribution < -0.4 is 5.32 Å². The minimum atomic E-state index is -0.203. The number of hydrogen-bond donors (Lipinski definition) is 2. The van der Waals surface area contributed by atoms with E-state index in [0.717, 1.165) is 18.5 Å². The van der Waals surface area contributed by atoms with Gasteiger partial charge < -0.3 is 5.32 Å². The molecule has 1 rings (SSSR count). The number of hydrogen-bond acceptors (Lipinski definition) is 2. The van der Waals surface area contributed by atoms with Crippen molar-refractivity contribution in [2.75, 3.05) is 0 Å². The molecule has 4 heteroatoms. The van der Waals surface area contributed by atoms with Gasteiger partial charge in [-0.1, -0.05) is 19.3 Å². The third-order valence-electron chi connectivity index (χ3n) is 2.44. The van der Waals surface area contributed by atoms with Crippen molar-refractivity contribution in [1.82, 2.24) is 15.5 Å². The first-order valence-electron chi connectivity index (χ1n) is 5.38. The summed E-state index contributed by atoms with van der Waals surface area (Å²) in [7, 11) is 0. The Kier molecular flexibility index (Phi) is 4.12. The molecule has 86 valence electrons. The van der Waals surface area contributed by atoms with E-state index < -0.39 is 0 Å². The van der Waals surface area contributed by atoms with E-state index in [9.17, 15) is 4.79 Å². The van der Waals surface area contributed by atoms with E-state index in [2.05, 4.69) is 21.4 Å². The third kappa shape index (κ3) is 2.63. The van der Waals surface area contributed by atoms with Gasteiger partial charge in [-0.05, 0) is 20.3 Å². The predicted molar refractivity (Wildman–Crippen MR) is 63.1 cm³/mol. The van der Waals surface area contributed by atoms with E-state index in [1.54, 1.807) is 6.92 Å². The summed E-state index contributed by atoms with van der Waals surface area (Å²) in [6.07, 6.45) is 7.08. The second kappa shape index (κ2) is 5.36. The van der Waals surface area contributed by atoms with Crippen LogP contribution in [0.15, 0.2) is 0 Å². The van der Waals surface area contributed by atoms with Gasteiger partial charge in [0.15, 0.2) is 0 Å². The molecule has 1 aromatic heterocycles. The van der Waals surface area contributed by atoms with Crippen molar-refractivity contribution >= 4 is 5.91 Å². The second-order valence-electron chi connectivity index (χ2n) is 3.79. The molecule has 1 heterocycles. The Morgan fingerprint density at radius 3 is 2.75 bits per heavy atom. The largest absolute Gasteiger partial charge is 0.338 e. The zero-order chi connectivity index (χ0) is 12.1. The van der Waals surface area contributed by atoms with Crippen LogP contribution in [-0.2, 0) is 0 Å². The third-order valence-corrected chi connectivity index (χ3v) is 2.44. The molecular formula is C12H17N3O. The smallest absolute Gasteiger partial charge is 0.255 e. The lowest BCUT2D eigenvalue weighted by molar-refractivity contribution is 0.0943. The maximum atomic E-state index is 11.9. The van der Waals surface area contributed by atoms with Crippen molar-refractivity contribution in [2.24, 2.45) is 0 Å². The highest BCUT2D eigenvalue weighted by molar-refractivity contribution is 5.96. The van der Waals surface area contributed by atoms with Crippen LogP contribution in [0.4, 0.5) is 0 Å². The Bertz CT molecular complexity index is 395. The Hall–Kier alpha value is -1.76. The van der Waals surface area contributed by atoms with Gasteiger partial charge in [-0.25, -0.2) is 0 Å². The predicted octanol–water partition coefficient (Wildman–Crippen LogP) is 1.56. The molecule has 0 saturated carbocycles. The Balaban J connectivity index is 2.76. The van der Waals surface area contributed by atoms with Crippen molar-refractivity contribution in [3.63, 3.8) is 0 Å². The first-order chi connectivity index (χ1) is 7.60. The lowest BCUT2D eigenvalue weighted by Crippen LogP contribution is -2.34. The number of nitrogens with one attached hydrogen (secondary N) is 2. The number of aryl methyl sites for hydroxylation is 2. The van der Waals surface area contributed by atoms with Crippen LogP contribution in [0.1, 0.15) is 41.5 Å². The van der Waals surface area contributed by atoms with Crippen LogP contribution in [0.25, 0.3) is 0 Å². The van der Waals surface area contributed by atoms with E-state index in [0.29, 0.717) is 11.3 Å². The Labute approximate surface area is 95.8 Å². The molecule has 1 atom stereocenters. The standard InChI is InChI=1S/C12H17N3O/c1-5-7-10(6-2)13-12(16)11-8(3)14-15-9(11)4/h2,10H,5,7H2,1,3-4H3,(H,13,16)(H,14,15). The number of amides is 1. The van der Waals surface area contributed by atoms with Gasteiger partial charge >= 0.3 is 0 Å². The van der Waals surface area contributed by atoms with Gasteiger partial charge in [0.2, 0.25) is 0 Å². The summed E-state index contributed by atoms with van der Waals surface area (Å²) >= 11 is 0. The highest BCUT2D eigenvalue weighted by atomic mass is 16.1. The summed E-state index contributed by atoms with van der Waals surface area (Å²) in [6, 6.07) is -0.203. The molecule has 0 spiro atoms. The highest BCUT2D eigenvalue weighted by Crippen LogP contribution is 2.09. The molecule has 0 saturated heterocycles. The molecule has 1 amide bonds. The quantitative estimate of drug-likeness (QED) is 0.755. The van der Waals surface area contributed by atoms with Crippen LogP contribution in [0, 0.1) is 26.2 Å². The number of aromatic amines is 1. The summed E-state index contributed by atoms with van der Waals surface area (Å²) in [5.41, 5.74) is 2.06. The van der Waals surface area contributed by atoms with Crippen LogP contribution in [0.2, 0.25) is 0 Å². The molecule has 4 nitrogen and oxygen atoms in total. The summed E-state index contributed by atoms with van der Waals surface area (Å²) < 4.78 is 0. The molecule has 0 aliphatic rings. The van der Waals surface area contributed by atoms with Crippen LogP contribution in [-0.4, -0.2) is 22.1 Å². The number of carbonyl (C=O) groups is 1. The molecule has 0 bridgehead atoms. The van der Waals surface area contributed by atoms with Gasteiger partial charge in [-0.15, -0.1) is 6.42 Å². The van der Waals surface area contributed by atoms with Crippen LogP contribution in [0.3, 0.4) is 0 Å². The van der Waals surface area contributed by atoms with Crippen LogP contribution >= 0.6 is 0 Å². The van der Waals surface area contributed by atoms with E-state index >= 15 is 0 Å². The van der Waals surface area contributed by atoms with E-state index in [4.69, 9.17) is 6.42 Å². The van der Waals surface area contributed by atoms with Crippen LogP contribution in [0.5, 0.6) is 0 Å². The fourth-order valence-electron chi connectivity index (χ4n) is 1.60. The van der Waals surface area contributed by atoms with Gasteiger partial charge in [0.1, 0.15) is 0 Å². The molecule has 2 N–H and O–H groups in total. The lowest BCUT2D eigenvalue weighted by Gasteiger charge is -2.11. The molecule has 1 unspecified atom stereocenters. The minimum absolute atomic E-state index is 0.153. The molecule has 0 aromatic carbocycles. The molecule has 0 radical (unpaired) electrons. The van der Waals surface area contributed by atoms with Gasteiger partial charge in [-0.2, -0.15) is 5.10 Å². The summed E-state index contributed by atoms with van der Waals surface area (Å²) in [4.78, 5) is 11.9. The average molecular weight is 219 g/mol. The monoisotopic (exact) mass is 219 g/mol. The second-order valence-corrected chi connectivity index (χ2v) is 3.79. The first kappa shape index (κ1) is 12.3. The molecule has 16 heavy (non-hydrogen) atoms. The van der Waals surface area contributed by atoms with E-state index in [1.165, 1.54) is 0 Å². The topological polar surface area (TPSA) is 57.8 Å². The first-order valence-corrected chi connectivity index (χ1v) is 5.38. The number of nitrogens with zero attached hydrogens (tertiary/aromatic N) is 1. The SMILES string of the molecule is C#CC(CCC)NC(=O)c1c(C)n[nH]c1C. The van der Waals surface area contributed by atoms with Crippen molar-refractivity contribution in [2.45, 2.75) is 39.7 Å². The van der Waals surface area contributed by atoms with Gasteiger partial charge in [0, 0.05) is 5.69 Å². The number of H-pyrrole nitrogens is 1. The van der Waals surface area contributed by atoms with Gasteiger partial charge in [-0.3, -0.25) is 9.89 Å². The molecular weight excluding hydrogens is 202 g/mol. The minimum Gasteiger partial charge on any atom is -0.338 e. The number of rotatable bonds is 4. The zero-order valence-electron chi connectivity index (χ0n) is 9.92. The average Bonchev–Trinajstić information content (AvgIpc) is 2.57. The lowest BCUT2D eigenvalue weighted by atomic mass is 10.1. The summed E-state index contributed by atoms with van der Waals surface area (Å²) in [5, 5.41) is 9.57. The Morgan fingerprint density at radius 2 is 2.31 bits per heavy atom. The molecule has 0 aliphatic heterocycles. The Morgan fingerprint density at radius 1 is 1.62 bits per heavy atom. The van der Waals surface area contributed by atoms with Gasteiger partial charge in [0.25, 0.3) is 5.91 Å². The zero-order valence-corrected chi connectivity index (χ0v) is 9.92. The fourth-order valence-corrected chi connectivity index (χ4v) is 1.60. The van der Waals surface area contributed by atoms with Gasteiger partial charge in [0.05, 0.1) is 17.3 Å². The number of carbonyl (C=O) groups excluding carboxylic acids is 1. The number of terminal acetylenes is 1. The van der Waals surface area contributed by atoms with Crippen molar-refractivity contribution in [3.05, 3.63) is 17.0 Å². The summed E-state index contributed by atoms with van der Waals surface area (Å²) in [5.74, 6) is 2.42. The molecule has 0 fully saturated rings. The highest BCUT2D eigenvalue weighted by Gasteiger charge is 2.17. The van der Waals surface area contributed by atoms with Crippen molar-refractivity contribution < 1.29 is 4.79 Å². The molecule has 0 aliphatic carbocycles. The van der Waals surface area contributed by atoms with Crippen molar-refractivity contribution in [1.29, 1.82) is 0 Å². The van der Waals surface area contributed by atoms with E-state index in [-0.39, 0.29) is 11.9 Å². The normalized spacial score (nSPS) is 11.9.